The molecule has 1 aliphatic rings. The van der Waals surface area contributed by atoms with Crippen molar-refractivity contribution in [3.8, 4) is 0 Å². The van der Waals surface area contributed by atoms with Gasteiger partial charge in [0.15, 0.2) is 8.07 Å². The van der Waals surface area contributed by atoms with Gasteiger partial charge >= 0.3 is 0 Å². The van der Waals surface area contributed by atoms with E-state index in [0.717, 1.165) is 8.95 Å². The molecule has 0 unspecified atom stereocenters. The predicted octanol–water partition coefficient (Wildman–Crippen LogP) is 4.67. The third kappa shape index (κ3) is 2.85. The molecule has 0 amide bonds. The van der Waals surface area contributed by atoms with Crippen LogP contribution in [0.15, 0.2) is 106 Å². The minimum atomic E-state index is -2.48. The molecule has 142 valence electrons. The van der Waals surface area contributed by atoms with Gasteiger partial charge in [0.2, 0.25) is 0 Å². The topological polar surface area (TPSA) is 3.24 Å². The number of halogens is 2. The SMILES string of the molecule is CN1c2ccc(Br)cc2[Si](c2ccccc2)(c2ccccc2)c2cc(Br)ccc21. The van der Waals surface area contributed by atoms with E-state index < -0.39 is 8.07 Å². The van der Waals surface area contributed by atoms with E-state index in [-0.39, 0.29) is 0 Å². The number of benzene rings is 4. The van der Waals surface area contributed by atoms with Crippen LogP contribution < -0.4 is 25.6 Å². The Morgan fingerprint density at radius 3 is 1.41 bits per heavy atom. The largest absolute Gasteiger partial charge is 0.345 e. The maximum Gasteiger partial charge on any atom is 0.184 e. The fourth-order valence-corrected chi connectivity index (χ4v) is 11.1. The third-order valence-corrected chi connectivity index (χ3v) is 11.7. The molecule has 0 N–H and O–H groups in total. The molecule has 0 aliphatic carbocycles. The molecule has 0 spiro atoms. The van der Waals surface area contributed by atoms with Crippen LogP contribution in [0, 0.1) is 0 Å². The van der Waals surface area contributed by atoms with Gasteiger partial charge in [-0.2, -0.15) is 0 Å². The lowest BCUT2D eigenvalue weighted by atomic mass is 10.2. The molecule has 4 heteroatoms. The molecule has 4 aromatic rings. The number of anilines is 2. The first-order valence-corrected chi connectivity index (χ1v) is 13.2. The molecule has 1 aliphatic heterocycles. The molecule has 0 bridgehead atoms. The molecule has 1 heterocycles. The maximum absolute atomic E-state index is 3.76. The summed E-state index contributed by atoms with van der Waals surface area (Å²) < 4.78 is 2.23. The Balaban J connectivity index is 2.01. The first kappa shape index (κ1) is 18.9. The highest BCUT2D eigenvalue weighted by Gasteiger charge is 2.48. The summed E-state index contributed by atoms with van der Waals surface area (Å²) in [5.74, 6) is 0. The number of hydrogen-bond donors (Lipinski definition) is 0. The highest BCUT2D eigenvalue weighted by molar-refractivity contribution is 9.10. The molecule has 4 aromatic carbocycles. The Bertz CT molecular complexity index is 1100. The summed E-state index contributed by atoms with van der Waals surface area (Å²) >= 11 is 7.51. The van der Waals surface area contributed by atoms with Gasteiger partial charge in [-0.3, -0.25) is 0 Å². The van der Waals surface area contributed by atoms with E-state index in [0.29, 0.717) is 0 Å². The van der Waals surface area contributed by atoms with Crippen molar-refractivity contribution in [3.63, 3.8) is 0 Å². The predicted molar refractivity (Wildman–Crippen MR) is 134 cm³/mol. The fourth-order valence-electron chi connectivity index (χ4n) is 4.64. The summed E-state index contributed by atoms with van der Waals surface area (Å²) in [5, 5.41) is 5.63. The van der Waals surface area contributed by atoms with Crippen LogP contribution in [0.1, 0.15) is 0 Å². The lowest BCUT2D eigenvalue weighted by Gasteiger charge is -2.44. The van der Waals surface area contributed by atoms with Crippen LogP contribution in [0.25, 0.3) is 0 Å². The van der Waals surface area contributed by atoms with Crippen LogP contribution in [0.5, 0.6) is 0 Å². The summed E-state index contributed by atoms with van der Waals surface area (Å²) in [6.45, 7) is 0. The van der Waals surface area contributed by atoms with E-state index in [1.54, 1.807) is 0 Å². The van der Waals surface area contributed by atoms with Crippen LogP contribution in [0.2, 0.25) is 0 Å². The van der Waals surface area contributed by atoms with Crippen LogP contribution in [-0.2, 0) is 0 Å². The van der Waals surface area contributed by atoms with Crippen molar-refractivity contribution in [1.29, 1.82) is 0 Å². The molecule has 0 fully saturated rings. The van der Waals surface area contributed by atoms with Crippen molar-refractivity contribution in [1.82, 2.24) is 0 Å². The average molecular weight is 521 g/mol. The zero-order valence-corrected chi connectivity index (χ0v) is 20.1. The third-order valence-electron chi connectivity index (χ3n) is 5.86. The van der Waals surface area contributed by atoms with Crippen molar-refractivity contribution in [2.75, 3.05) is 11.9 Å². The second kappa shape index (κ2) is 7.28. The second-order valence-electron chi connectivity index (χ2n) is 7.36. The minimum Gasteiger partial charge on any atom is -0.345 e. The zero-order chi connectivity index (χ0) is 20.0. The summed E-state index contributed by atoms with van der Waals surface area (Å²) in [6, 6.07) is 35.6. The smallest absolute Gasteiger partial charge is 0.184 e. The Morgan fingerprint density at radius 1 is 0.586 bits per heavy atom. The molecular weight excluding hydrogens is 502 g/mol. The summed E-state index contributed by atoms with van der Waals surface area (Å²) in [6.07, 6.45) is 0. The molecule has 1 nitrogen and oxygen atoms in total. The standard InChI is InChI=1S/C25H19Br2NSi/c1-28-22-14-12-18(26)16-24(22)29(20-8-4-2-5-9-20,21-10-6-3-7-11-21)25-17-19(27)13-15-23(25)28/h2-17H,1H3. The Labute approximate surface area is 189 Å². The average Bonchev–Trinajstić information content (AvgIpc) is 2.75. The summed E-state index contributed by atoms with van der Waals surface area (Å²) in [7, 11) is -0.308. The highest BCUT2D eigenvalue weighted by Crippen LogP contribution is 2.32. The summed E-state index contributed by atoms with van der Waals surface area (Å²) in [4.78, 5) is 2.33. The Morgan fingerprint density at radius 2 is 1.00 bits per heavy atom. The van der Waals surface area contributed by atoms with Gasteiger partial charge in [-0.25, -0.2) is 0 Å². The van der Waals surface area contributed by atoms with E-state index >= 15 is 0 Å². The number of rotatable bonds is 2. The monoisotopic (exact) mass is 519 g/mol. The lowest BCUT2D eigenvalue weighted by Crippen LogP contribution is -2.77. The first-order chi connectivity index (χ1) is 14.1. The van der Waals surface area contributed by atoms with Gasteiger partial charge in [-0.15, -0.1) is 0 Å². The van der Waals surface area contributed by atoms with E-state index in [1.165, 1.54) is 32.1 Å². The molecule has 0 radical (unpaired) electrons. The van der Waals surface area contributed by atoms with Crippen LogP contribution in [-0.4, -0.2) is 15.1 Å². The van der Waals surface area contributed by atoms with Gasteiger partial charge < -0.3 is 4.90 Å². The second-order valence-corrected chi connectivity index (χ2v) is 12.9. The van der Waals surface area contributed by atoms with E-state index in [9.17, 15) is 0 Å². The number of fused-ring (bicyclic) bond motifs is 2. The quantitative estimate of drug-likeness (QED) is 0.347. The van der Waals surface area contributed by atoms with Gasteiger partial charge in [0.05, 0.1) is 0 Å². The Kier molecular flexibility index (Phi) is 4.73. The minimum absolute atomic E-state index is 1.12. The fraction of sp³-hybridized carbons (Fsp3) is 0.0400. The van der Waals surface area contributed by atoms with Gasteiger partial charge in [-0.1, -0.05) is 92.5 Å². The molecule has 5 rings (SSSR count). The summed E-state index contributed by atoms with van der Waals surface area (Å²) in [5.41, 5.74) is 2.56. The first-order valence-electron chi connectivity index (χ1n) is 9.57. The molecular formula is C25H19Br2NSi. The van der Waals surface area contributed by atoms with Gasteiger partial charge in [0, 0.05) is 27.4 Å². The zero-order valence-electron chi connectivity index (χ0n) is 15.9. The molecule has 0 saturated carbocycles. The molecule has 29 heavy (non-hydrogen) atoms. The highest BCUT2D eigenvalue weighted by atomic mass is 79.9. The number of nitrogens with zero attached hydrogens (tertiary/aromatic N) is 1. The lowest BCUT2D eigenvalue weighted by molar-refractivity contribution is 1.21. The van der Waals surface area contributed by atoms with Gasteiger partial charge in [0.1, 0.15) is 0 Å². The Hall–Kier alpha value is -2.14. The number of hydrogen-bond acceptors (Lipinski definition) is 1. The van der Waals surface area contributed by atoms with Crippen LogP contribution >= 0.6 is 31.9 Å². The molecule has 0 saturated heterocycles. The van der Waals surface area contributed by atoms with E-state index in [2.05, 4.69) is 141 Å². The van der Waals surface area contributed by atoms with E-state index in [4.69, 9.17) is 0 Å². The molecule has 0 aromatic heterocycles. The van der Waals surface area contributed by atoms with Crippen molar-refractivity contribution < 1.29 is 0 Å². The van der Waals surface area contributed by atoms with Gasteiger partial charge in [-0.05, 0) is 57.1 Å². The van der Waals surface area contributed by atoms with E-state index in [1.807, 2.05) is 0 Å². The normalized spacial score (nSPS) is 14.2. The van der Waals surface area contributed by atoms with Crippen molar-refractivity contribution in [3.05, 3.63) is 106 Å². The maximum atomic E-state index is 3.76. The molecule has 0 atom stereocenters. The van der Waals surface area contributed by atoms with Gasteiger partial charge in [0.25, 0.3) is 0 Å². The van der Waals surface area contributed by atoms with Crippen LogP contribution in [0.3, 0.4) is 0 Å². The van der Waals surface area contributed by atoms with Crippen molar-refractivity contribution in [2.24, 2.45) is 0 Å². The van der Waals surface area contributed by atoms with Crippen molar-refractivity contribution >= 4 is 72.1 Å². The van der Waals surface area contributed by atoms with Crippen LogP contribution in [0.4, 0.5) is 11.4 Å². The van der Waals surface area contributed by atoms with Crippen molar-refractivity contribution in [2.45, 2.75) is 0 Å².